The molecular weight excluding hydrogens is 116 g/mol. The Morgan fingerprint density at radius 1 is 1.33 bits per heavy atom. The largest absolute Gasteiger partial charge is 0.300 e. The second-order valence-electron chi connectivity index (χ2n) is 1.40. The summed E-state index contributed by atoms with van der Waals surface area (Å²) < 4.78 is 0. The van der Waals surface area contributed by atoms with Gasteiger partial charge >= 0.3 is 0 Å². The monoisotopic (exact) mass is 124 g/mol. The molecule has 0 aliphatic carbocycles. The summed E-state index contributed by atoms with van der Waals surface area (Å²) in [6.45, 7) is 3.06. The van der Waals surface area contributed by atoms with Crippen LogP contribution in [0.25, 0.3) is 0 Å². The number of carbonyl (C=O) groups excluding carboxylic acids is 1. The van der Waals surface area contributed by atoms with E-state index in [4.69, 9.17) is 10.5 Å². The first-order chi connectivity index (χ1) is 4.15. The van der Waals surface area contributed by atoms with Crippen molar-refractivity contribution in [3.05, 3.63) is 0 Å². The average Bonchev–Trinajstić information content (AvgIpc) is 1.66. The van der Waals surface area contributed by atoms with Crippen LogP contribution in [0, 0.1) is 22.7 Å². The van der Waals surface area contributed by atoms with Crippen LogP contribution in [-0.2, 0) is 4.79 Å². The quantitative estimate of drug-likeness (QED) is 0.484. The molecule has 0 aromatic heterocycles. The molecule has 3 nitrogen and oxygen atoms in total. The van der Waals surface area contributed by atoms with Gasteiger partial charge in [-0.15, -0.1) is 0 Å². The Labute approximate surface area is 54.5 Å². The van der Waals surface area contributed by atoms with E-state index in [0.717, 1.165) is 0 Å². The molecule has 0 radical (unpaired) electrons. The molecule has 0 aromatic carbocycles. The Kier molecular flexibility index (Phi) is 11.6. The summed E-state index contributed by atoms with van der Waals surface area (Å²) in [5.74, 6) is 0.167. The van der Waals surface area contributed by atoms with E-state index in [-0.39, 0.29) is 12.2 Å². The van der Waals surface area contributed by atoms with E-state index in [1.54, 1.807) is 12.1 Å². The van der Waals surface area contributed by atoms with Crippen LogP contribution in [0.3, 0.4) is 0 Å². The fraction of sp³-hybridized carbons (Fsp3) is 0.500. The van der Waals surface area contributed by atoms with Gasteiger partial charge in [-0.3, -0.25) is 0 Å². The fourth-order valence-electron chi connectivity index (χ4n) is 0.0354. The standard InChI is InChI=1S/C3H2N2.C3H6O/c4-2-1-3-5;1-3(2)4/h1H2;1-2H3. The Morgan fingerprint density at radius 2 is 1.56 bits per heavy atom. The lowest BCUT2D eigenvalue weighted by Gasteiger charge is -1.56. The van der Waals surface area contributed by atoms with Crippen molar-refractivity contribution >= 4 is 5.78 Å². The third-order valence-electron chi connectivity index (χ3n) is 0.158. The summed E-state index contributed by atoms with van der Waals surface area (Å²) >= 11 is 0. The number of carbonyl (C=O) groups is 1. The minimum absolute atomic E-state index is 0. The average molecular weight is 124 g/mol. The first kappa shape index (κ1) is 10.6. The Morgan fingerprint density at radius 3 is 1.56 bits per heavy atom. The number of Topliss-reactive ketones (excluding diaryl/α,β-unsaturated/α-hetero) is 1. The summed E-state index contributed by atoms with van der Waals surface area (Å²) in [5.41, 5.74) is 0. The van der Waals surface area contributed by atoms with Crippen LogP contribution in [0.5, 0.6) is 0 Å². The van der Waals surface area contributed by atoms with Crippen molar-refractivity contribution in [3.63, 3.8) is 0 Å². The van der Waals surface area contributed by atoms with Gasteiger partial charge < -0.3 is 4.79 Å². The smallest absolute Gasteiger partial charge is 0.126 e. The highest BCUT2D eigenvalue weighted by molar-refractivity contribution is 5.72. The molecule has 0 bridgehead atoms. The fourth-order valence-corrected chi connectivity index (χ4v) is 0.0354. The Hall–Kier alpha value is -1.35. The molecule has 0 heterocycles. The summed E-state index contributed by atoms with van der Waals surface area (Å²) in [6.07, 6.45) is 0. The SMILES string of the molecule is CC(C)=O.N#CCC#N. The molecule has 0 unspecified atom stereocenters. The highest BCUT2D eigenvalue weighted by Crippen LogP contribution is 1.59. The summed E-state index contributed by atoms with van der Waals surface area (Å²) in [6, 6.07) is 3.31. The van der Waals surface area contributed by atoms with E-state index in [2.05, 4.69) is 0 Å². The molecule has 3 heteroatoms. The molecule has 0 saturated carbocycles. The van der Waals surface area contributed by atoms with Gasteiger partial charge in [0.2, 0.25) is 0 Å². The van der Waals surface area contributed by atoms with E-state index in [1.165, 1.54) is 13.8 Å². The van der Waals surface area contributed by atoms with Gasteiger partial charge in [-0.1, -0.05) is 0 Å². The van der Waals surface area contributed by atoms with Crippen LogP contribution in [0.15, 0.2) is 0 Å². The van der Waals surface area contributed by atoms with Gasteiger partial charge in [0, 0.05) is 0 Å². The molecule has 0 aromatic rings. The zero-order chi connectivity index (χ0) is 7.70. The molecule has 0 spiro atoms. The van der Waals surface area contributed by atoms with E-state index in [1.807, 2.05) is 0 Å². The van der Waals surface area contributed by atoms with Gasteiger partial charge in [0.1, 0.15) is 12.2 Å². The molecule has 0 aliphatic rings. The predicted octanol–water partition coefficient (Wildman–Crippen LogP) is 1.02. The maximum Gasteiger partial charge on any atom is 0.126 e. The van der Waals surface area contributed by atoms with Crippen LogP contribution < -0.4 is 0 Å². The molecule has 0 amide bonds. The minimum atomic E-state index is 0. The lowest BCUT2D eigenvalue weighted by atomic mass is 10.5. The Bertz CT molecular complexity index is 133. The summed E-state index contributed by atoms with van der Waals surface area (Å²) in [7, 11) is 0. The first-order valence-electron chi connectivity index (χ1n) is 2.36. The number of nitrogens with zero attached hydrogens (tertiary/aromatic N) is 2. The van der Waals surface area contributed by atoms with Crippen molar-refractivity contribution in [2.75, 3.05) is 0 Å². The maximum absolute atomic E-state index is 9.44. The van der Waals surface area contributed by atoms with E-state index < -0.39 is 0 Å². The molecule has 0 rings (SSSR count). The number of hydrogen-bond acceptors (Lipinski definition) is 3. The zero-order valence-electron chi connectivity index (χ0n) is 5.51. The third kappa shape index (κ3) is 340. The number of hydrogen-bond donors (Lipinski definition) is 0. The molecule has 9 heavy (non-hydrogen) atoms. The molecule has 0 saturated heterocycles. The number of rotatable bonds is 0. The third-order valence-corrected chi connectivity index (χ3v) is 0.158. The van der Waals surface area contributed by atoms with Gasteiger partial charge in [0.25, 0.3) is 0 Å². The second kappa shape index (κ2) is 9.82. The molecule has 0 aliphatic heterocycles. The van der Waals surface area contributed by atoms with Crippen LogP contribution in [0.4, 0.5) is 0 Å². The Balaban J connectivity index is 0. The van der Waals surface area contributed by atoms with E-state index in [9.17, 15) is 4.79 Å². The van der Waals surface area contributed by atoms with Crippen molar-refractivity contribution in [2.45, 2.75) is 20.3 Å². The number of ketones is 1. The van der Waals surface area contributed by atoms with Crippen LogP contribution >= 0.6 is 0 Å². The lowest BCUT2D eigenvalue weighted by molar-refractivity contribution is -0.114. The predicted molar refractivity (Wildman–Crippen MR) is 32.2 cm³/mol. The van der Waals surface area contributed by atoms with Crippen molar-refractivity contribution in [2.24, 2.45) is 0 Å². The second-order valence-corrected chi connectivity index (χ2v) is 1.40. The van der Waals surface area contributed by atoms with E-state index in [0.29, 0.717) is 0 Å². The topological polar surface area (TPSA) is 64.7 Å². The first-order valence-corrected chi connectivity index (χ1v) is 2.36. The van der Waals surface area contributed by atoms with Gasteiger partial charge in [-0.2, -0.15) is 10.5 Å². The normalized spacial score (nSPS) is 5.33. The van der Waals surface area contributed by atoms with Crippen molar-refractivity contribution < 1.29 is 4.79 Å². The van der Waals surface area contributed by atoms with Crippen molar-refractivity contribution in [1.29, 1.82) is 10.5 Å². The van der Waals surface area contributed by atoms with Crippen molar-refractivity contribution in [3.8, 4) is 12.1 Å². The van der Waals surface area contributed by atoms with Gasteiger partial charge in [0.05, 0.1) is 12.1 Å². The van der Waals surface area contributed by atoms with Crippen molar-refractivity contribution in [1.82, 2.24) is 0 Å². The van der Waals surface area contributed by atoms with Crippen LogP contribution in [0.1, 0.15) is 20.3 Å². The summed E-state index contributed by atoms with van der Waals surface area (Å²) in [5, 5.41) is 15.2. The summed E-state index contributed by atoms with van der Waals surface area (Å²) in [4.78, 5) is 9.44. The molecule has 0 atom stereocenters. The van der Waals surface area contributed by atoms with Gasteiger partial charge in [0.15, 0.2) is 0 Å². The van der Waals surface area contributed by atoms with Gasteiger partial charge in [-0.25, -0.2) is 0 Å². The molecule has 0 N–H and O–H groups in total. The number of nitriles is 2. The van der Waals surface area contributed by atoms with Crippen LogP contribution in [0.2, 0.25) is 0 Å². The van der Waals surface area contributed by atoms with Crippen LogP contribution in [-0.4, -0.2) is 5.78 Å². The molecule has 48 valence electrons. The highest BCUT2D eigenvalue weighted by atomic mass is 16.1. The highest BCUT2D eigenvalue weighted by Gasteiger charge is 1.62. The van der Waals surface area contributed by atoms with E-state index >= 15 is 0 Å². The minimum Gasteiger partial charge on any atom is -0.300 e. The molecular formula is C6H8N2O. The van der Waals surface area contributed by atoms with Gasteiger partial charge in [-0.05, 0) is 13.8 Å². The maximum atomic E-state index is 9.44. The molecule has 0 fully saturated rings. The lowest BCUT2D eigenvalue weighted by Crippen LogP contribution is -1.69. The zero-order valence-corrected chi connectivity index (χ0v) is 5.51.